The minimum atomic E-state index is -4.39. The first kappa shape index (κ1) is 15.7. The maximum atomic E-state index is 12.8. The molecule has 1 unspecified atom stereocenters. The number of anilines is 1. The first-order valence-electron chi connectivity index (χ1n) is 6.68. The van der Waals surface area contributed by atoms with Gasteiger partial charge in [-0.3, -0.25) is 4.79 Å². The van der Waals surface area contributed by atoms with Crippen molar-refractivity contribution in [2.45, 2.75) is 32.4 Å². The summed E-state index contributed by atoms with van der Waals surface area (Å²) >= 11 is 0. The van der Waals surface area contributed by atoms with Gasteiger partial charge in [0, 0.05) is 25.2 Å². The number of fused-ring (bicyclic) bond motifs is 1. The van der Waals surface area contributed by atoms with Crippen LogP contribution < -0.4 is 4.90 Å². The zero-order valence-electron chi connectivity index (χ0n) is 12.2. The molecule has 1 aromatic carbocycles. The molecule has 1 aliphatic rings. The minimum Gasteiger partial charge on any atom is -0.481 e. The van der Waals surface area contributed by atoms with Crippen LogP contribution in [0.5, 0.6) is 0 Å². The Morgan fingerprint density at radius 1 is 1.38 bits per heavy atom. The lowest BCUT2D eigenvalue weighted by molar-refractivity contribution is -0.147. The lowest BCUT2D eigenvalue weighted by Crippen LogP contribution is -2.27. The van der Waals surface area contributed by atoms with E-state index in [1.165, 1.54) is 6.07 Å². The van der Waals surface area contributed by atoms with E-state index < -0.39 is 23.1 Å². The molecule has 1 aromatic rings. The van der Waals surface area contributed by atoms with E-state index in [-0.39, 0.29) is 5.92 Å². The number of aliphatic carboxylic acids is 1. The molecule has 0 amide bonds. The van der Waals surface area contributed by atoms with Gasteiger partial charge >= 0.3 is 12.1 Å². The number of nitrogens with zero attached hydrogens (tertiary/aromatic N) is 1. The summed E-state index contributed by atoms with van der Waals surface area (Å²) in [6.45, 7) is 3.73. The number of carboxylic acids is 1. The van der Waals surface area contributed by atoms with E-state index in [1.54, 1.807) is 20.9 Å². The van der Waals surface area contributed by atoms with E-state index in [0.29, 0.717) is 18.5 Å². The number of rotatable bonds is 3. The monoisotopic (exact) mass is 301 g/mol. The van der Waals surface area contributed by atoms with Crippen molar-refractivity contribution in [3.63, 3.8) is 0 Å². The van der Waals surface area contributed by atoms with Crippen molar-refractivity contribution in [2.75, 3.05) is 18.5 Å². The molecule has 3 nitrogen and oxygen atoms in total. The van der Waals surface area contributed by atoms with E-state index >= 15 is 0 Å². The van der Waals surface area contributed by atoms with E-state index in [9.17, 15) is 23.1 Å². The molecule has 0 radical (unpaired) electrons. The fourth-order valence-corrected chi connectivity index (χ4v) is 2.81. The molecule has 0 fully saturated rings. The van der Waals surface area contributed by atoms with Gasteiger partial charge in [-0.25, -0.2) is 0 Å². The highest BCUT2D eigenvalue weighted by molar-refractivity contribution is 5.74. The van der Waals surface area contributed by atoms with Crippen LogP contribution >= 0.6 is 0 Å². The first-order valence-corrected chi connectivity index (χ1v) is 6.68. The van der Waals surface area contributed by atoms with Crippen LogP contribution in [0.2, 0.25) is 0 Å². The molecule has 2 rings (SSSR count). The van der Waals surface area contributed by atoms with Gasteiger partial charge in [0.25, 0.3) is 0 Å². The molecule has 1 N–H and O–H groups in total. The summed E-state index contributed by atoms with van der Waals surface area (Å²) in [7, 11) is 1.81. The minimum absolute atomic E-state index is 0.210. The lowest BCUT2D eigenvalue weighted by Gasteiger charge is -2.23. The van der Waals surface area contributed by atoms with Crippen molar-refractivity contribution in [3.8, 4) is 0 Å². The molecular weight excluding hydrogens is 283 g/mol. The molecule has 0 spiro atoms. The highest BCUT2D eigenvalue weighted by Crippen LogP contribution is 2.44. The van der Waals surface area contributed by atoms with Crippen molar-refractivity contribution in [1.29, 1.82) is 0 Å². The second-order valence-electron chi connectivity index (χ2n) is 6.24. The Morgan fingerprint density at radius 2 is 2.00 bits per heavy atom. The maximum absolute atomic E-state index is 12.8. The number of benzene rings is 1. The Hall–Kier alpha value is -1.72. The molecule has 0 saturated heterocycles. The van der Waals surface area contributed by atoms with Gasteiger partial charge in [0.2, 0.25) is 0 Å². The van der Waals surface area contributed by atoms with Crippen molar-refractivity contribution < 1.29 is 23.1 Å². The molecule has 21 heavy (non-hydrogen) atoms. The summed E-state index contributed by atoms with van der Waals surface area (Å²) in [6.07, 6.45) is -4.08. The average molecular weight is 301 g/mol. The Morgan fingerprint density at radius 3 is 2.52 bits per heavy atom. The van der Waals surface area contributed by atoms with E-state index in [2.05, 4.69) is 0 Å². The quantitative estimate of drug-likeness (QED) is 0.924. The number of halogens is 3. The van der Waals surface area contributed by atoms with Crippen LogP contribution in [0.1, 0.15) is 37.3 Å². The number of hydrogen-bond donors (Lipinski definition) is 1. The number of carbonyl (C=O) groups is 1. The van der Waals surface area contributed by atoms with Gasteiger partial charge in [0.05, 0.1) is 11.0 Å². The van der Waals surface area contributed by atoms with Crippen LogP contribution in [0.3, 0.4) is 0 Å². The third-order valence-electron chi connectivity index (χ3n) is 4.04. The molecular formula is C15H18F3NO2. The van der Waals surface area contributed by atoms with Crippen LogP contribution in [0.15, 0.2) is 18.2 Å². The van der Waals surface area contributed by atoms with E-state index in [4.69, 9.17) is 0 Å². The second-order valence-corrected chi connectivity index (χ2v) is 6.24. The molecule has 6 heteroatoms. The average Bonchev–Trinajstić information content (AvgIpc) is 2.64. The molecule has 0 aromatic heterocycles. The van der Waals surface area contributed by atoms with Crippen molar-refractivity contribution >= 4 is 11.7 Å². The number of hydrogen-bond acceptors (Lipinski definition) is 2. The molecule has 1 aliphatic heterocycles. The van der Waals surface area contributed by atoms with Crippen LogP contribution in [-0.4, -0.2) is 24.7 Å². The normalized spacial score (nSPS) is 18.8. The number of carboxylic acid groups (broad SMARTS) is 1. The van der Waals surface area contributed by atoms with E-state index in [1.807, 2.05) is 4.90 Å². The highest BCUT2D eigenvalue weighted by atomic mass is 19.4. The Bertz CT molecular complexity index is 567. The summed E-state index contributed by atoms with van der Waals surface area (Å²) in [5.74, 6) is -1.15. The molecule has 0 aliphatic carbocycles. The van der Waals surface area contributed by atoms with Crippen LogP contribution in [0.4, 0.5) is 18.9 Å². The number of likely N-dealkylation sites (N-methyl/N-ethyl adjacent to an activating group) is 1. The maximum Gasteiger partial charge on any atom is 0.416 e. The predicted octanol–water partition coefficient (Wildman–Crippen LogP) is 3.74. The van der Waals surface area contributed by atoms with Gasteiger partial charge in [0.15, 0.2) is 0 Å². The molecule has 0 saturated carbocycles. The zero-order chi connectivity index (χ0) is 16.0. The molecule has 116 valence electrons. The summed E-state index contributed by atoms with van der Waals surface area (Å²) in [5.41, 5.74) is -0.327. The summed E-state index contributed by atoms with van der Waals surface area (Å²) in [4.78, 5) is 13.1. The SMILES string of the molecule is CN1CC(CC(C)(C)C(=O)O)c2cc(C(F)(F)F)ccc21. The molecule has 0 bridgehead atoms. The fraction of sp³-hybridized carbons (Fsp3) is 0.533. The van der Waals surface area contributed by atoms with Gasteiger partial charge in [-0.2, -0.15) is 13.2 Å². The fourth-order valence-electron chi connectivity index (χ4n) is 2.81. The standard InChI is InChI=1S/C15H18F3NO2/c1-14(2,13(20)21)7-9-8-19(3)12-5-4-10(6-11(9)12)15(16,17)18/h4-6,9H,7-8H2,1-3H3,(H,20,21). The van der Waals surface area contributed by atoms with Crippen molar-refractivity contribution in [2.24, 2.45) is 5.41 Å². The zero-order valence-corrected chi connectivity index (χ0v) is 12.2. The highest BCUT2D eigenvalue weighted by Gasteiger charge is 2.38. The predicted molar refractivity (Wildman–Crippen MR) is 73.5 cm³/mol. The third kappa shape index (κ3) is 2.99. The Kier molecular flexibility index (Phi) is 3.68. The van der Waals surface area contributed by atoms with Gasteiger partial charge in [-0.1, -0.05) is 0 Å². The van der Waals surface area contributed by atoms with Crippen molar-refractivity contribution in [1.82, 2.24) is 0 Å². The second kappa shape index (κ2) is 4.93. The third-order valence-corrected chi connectivity index (χ3v) is 4.04. The molecule has 1 heterocycles. The topological polar surface area (TPSA) is 40.5 Å². The smallest absolute Gasteiger partial charge is 0.416 e. The van der Waals surface area contributed by atoms with Crippen molar-refractivity contribution in [3.05, 3.63) is 29.3 Å². The van der Waals surface area contributed by atoms with Crippen LogP contribution in [-0.2, 0) is 11.0 Å². The van der Waals surface area contributed by atoms with Gasteiger partial charge < -0.3 is 10.0 Å². The molecule has 1 atom stereocenters. The summed E-state index contributed by atoms with van der Waals surface area (Å²) < 4.78 is 38.5. The van der Waals surface area contributed by atoms with Crippen LogP contribution in [0, 0.1) is 5.41 Å². The lowest BCUT2D eigenvalue weighted by atomic mass is 9.80. The van der Waals surface area contributed by atoms with Crippen LogP contribution in [0.25, 0.3) is 0 Å². The summed E-state index contributed by atoms with van der Waals surface area (Å²) in [6, 6.07) is 3.69. The summed E-state index contributed by atoms with van der Waals surface area (Å²) in [5, 5.41) is 9.21. The largest absolute Gasteiger partial charge is 0.481 e. The Balaban J connectivity index is 2.37. The van der Waals surface area contributed by atoms with Gasteiger partial charge in [-0.05, 0) is 44.0 Å². The Labute approximate surface area is 121 Å². The van der Waals surface area contributed by atoms with Gasteiger partial charge in [-0.15, -0.1) is 0 Å². The van der Waals surface area contributed by atoms with E-state index in [0.717, 1.165) is 17.8 Å². The number of alkyl halides is 3. The van der Waals surface area contributed by atoms with Gasteiger partial charge in [0.1, 0.15) is 0 Å². The first-order chi connectivity index (χ1) is 9.52.